The lowest BCUT2D eigenvalue weighted by Gasteiger charge is -2.35. The summed E-state index contributed by atoms with van der Waals surface area (Å²) in [7, 11) is 0. The molecule has 0 nitrogen and oxygen atoms in total. The standard InChI is InChI=1S/C23H23Br2P/c24-26(25)19-23(16-20-10-4-1-5-11-20,17-21-12-6-2-7-13-21)18-22-14-8-3-9-15-22/h1-15H,16-19H2. The lowest BCUT2D eigenvalue weighted by atomic mass is 9.74. The van der Waals surface area contributed by atoms with E-state index in [9.17, 15) is 0 Å². The lowest BCUT2D eigenvalue weighted by Crippen LogP contribution is -2.32. The van der Waals surface area contributed by atoms with Gasteiger partial charge in [0.25, 0.3) is 0 Å². The fourth-order valence-corrected chi connectivity index (χ4v) is 7.73. The molecule has 3 aromatic rings. The Hall–Kier alpha value is -0.950. The largest absolute Gasteiger partial charge is 0.0622 e. The zero-order chi connectivity index (χ0) is 18.2. The Bertz CT molecular complexity index is 672. The first kappa shape index (κ1) is 19.8. The van der Waals surface area contributed by atoms with E-state index in [1.165, 1.54) is 16.7 Å². The first-order valence-corrected chi connectivity index (χ1v) is 14.4. The predicted octanol–water partition coefficient (Wildman–Crippen LogP) is 7.80. The maximum Gasteiger partial charge on any atom is 0.0352 e. The van der Waals surface area contributed by atoms with E-state index in [0.717, 1.165) is 25.4 Å². The van der Waals surface area contributed by atoms with Crippen molar-refractivity contribution in [2.24, 2.45) is 5.41 Å². The Morgan fingerprint density at radius 1 is 0.538 bits per heavy atom. The van der Waals surface area contributed by atoms with E-state index in [-0.39, 0.29) is 10.7 Å². The highest BCUT2D eigenvalue weighted by Crippen LogP contribution is 2.57. The molecule has 3 rings (SSSR count). The van der Waals surface area contributed by atoms with Crippen molar-refractivity contribution < 1.29 is 0 Å². The summed E-state index contributed by atoms with van der Waals surface area (Å²) in [5.41, 5.74) is 4.41. The molecule has 0 aliphatic heterocycles. The molecule has 3 aromatic carbocycles. The van der Waals surface area contributed by atoms with Crippen LogP contribution in [0.1, 0.15) is 16.7 Å². The second-order valence-electron chi connectivity index (χ2n) is 6.95. The van der Waals surface area contributed by atoms with Gasteiger partial charge in [-0.1, -0.05) is 91.0 Å². The molecule has 0 unspecified atom stereocenters. The monoisotopic (exact) mass is 488 g/mol. The van der Waals surface area contributed by atoms with Crippen molar-refractivity contribution in [2.45, 2.75) is 19.3 Å². The van der Waals surface area contributed by atoms with Crippen LogP contribution in [0.25, 0.3) is 0 Å². The van der Waals surface area contributed by atoms with Crippen LogP contribution >= 0.6 is 36.3 Å². The van der Waals surface area contributed by atoms with Crippen molar-refractivity contribution in [2.75, 3.05) is 6.16 Å². The minimum Gasteiger partial charge on any atom is -0.0622 e. The van der Waals surface area contributed by atoms with E-state index >= 15 is 0 Å². The molecule has 0 radical (unpaired) electrons. The smallest absolute Gasteiger partial charge is 0.0352 e. The van der Waals surface area contributed by atoms with Gasteiger partial charge in [0.05, 0.1) is 0 Å². The van der Waals surface area contributed by atoms with Gasteiger partial charge in [0.15, 0.2) is 0 Å². The molecule has 0 aliphatic carbocycles. The average molecular weight is 490 g/mol. The third-order valence-corrected chi connectivity index (χ3v) is 7.14. The minimum absolute atomic E-state index is 0.169. The predicted molar refractivity (Wildman–Crippen MR) is 123 cm³/mol. The van der Waals surface area contributed by atoms with Crippen molar-refractivity contribution in [1.82, 2.24) is 0 Å². The Morgan fingerprint density at radius 2 is 0.846 bits per heavy atom. The lowest BCUT2D eigenvalue weighted by molar-refractivity contribution is 0.324. The molecule has 0 fully saturated rings. The van der Waals surface area contributed by atoms with E-state index < -0.39 is 0 Å². The van der Waals surface area contributed by atoms with Gasteiger partial charge in [-0.3, -0.25) is 0 Å². The van der Waals surface area contributed by atoms with E-state index in [4.69, 9.17) is 0 Å². The molecule has 0 spiro atoms. The van der Waals surface area contributed by atoms with Crippen molar-refractivity contribution >= 4 is 36.3 Å². The molecule has 0 amide bonds. The summed E-state index contributed by atoms with van der Waals surface area (Å²) >= 11 is 7.66. The second-order valence-corrected chi connectivity index (χ2v) is 15.9. The molecule has 0 bridgehead atoms. The van der Waals surface area contributed by atoms with E-state index in [1.54, 1.807) is 0 Å². The van der Waals surface area contributed by atoms with Crippen LogP contribution in [-0.2, 0) is 19.3 Å². The maximum atomic E-state index is 3.83. The summed E-state index contributed by atoms with van der Waals surface area (Å²) in [6.07, 6.45) is 4.36. The van der Waals surface area contributed by atoms with Gasteiger partial charge in [-0.2, -0.15) is 0 Å². The average Bonchev–Trinajstić information content (AvgIpc) is 2.63. The van der Waals surface area contributed by atoms with Gasteiger partial charge in [0.1, 0.15) is 0 Å². The molecular weight excluding hydrogens is 467 g/mol. The van der Waals surface area contributed by atoms with E-state index in [1.807, 2.05) is 0 Å². The van der Waals surface area contributed by atoms with Crippen LogP contribution in [0.5, 0.6) is 0 Å². The minimum atomic E-state index is -0.352. The Balaban J connectivity index is 1.97. The molecule has 0 saturated carbocycles. The quantitative estimate of drug-likeness (QED) is 0.283. The number of benzene rings is 3. The highest BCUT2D eigenvalue weighted by Gasteiger charge is 2.33. The Labute approximate surface area is 174 Å². The third kappa shape index (κ3) is 6.05. The van der Waals surface area contributed by atoms with Crippen molar-refractivity contribution in [3.05, 3.63) is 108 Å². The van der Waals surface area contributed by atoms with Crippen LogP contribution in [0.4, 0.5) is 0 Å². The summed E-state index contributed by atoms with van der Waals surface area (Å²) in [5.74, 6) is 0. The topological polar surface area (TPSA) is 0 Å². The van der Waals surface area contributed by atoms with Gasteiger partial charge in [-0.25, -0.2) is 0 Å². The van der Waals surface area contributed by atoms with Crippen LogP contribution in [0.15, 0.2) is 91.0 Å². The van der Waals surface area contributed by atoms with E-state index in [2.05, 4.69) is 122 Å². The fraction of sp³-hybridized carbons (Fsp3) is 0.217. The van der Waals surface area contributed by atoms with Crippen LogP contribution in [0, 0.1) is 5.41 Å². The molecule has 26 heavy (non-hydrogen) atoms. The Kier molecular flexibility index (Phi) is 7.49. The molecule has 0 saturated heterocycles. The molecule has 3 heteroatoms. The second kappa shape index (κ2) is 9.83. The number of rotatable bonds is 8. The normalized spacial score (nSPS) is 11.7. The van der Waals surface area contributed by atoms with E-state index in [0.29, 0.717) is 0 Å². The molecule has 134 valence electrons. The summed E-state index contributed by atoms with van der Waals surface area (Å²) in [6, 6.07) is 32.7. The van der Waals surface area contributed by atoms with Gasteiger partial charge < -0.3 is 0 Å². The molecule has 0 atom stereocenters. The van der Waals surface area contributed by atoms with Crippen LogP contribution < -0.4 is 0 Å². The first-order chi connectivity index (χ1) is 12.7. The Morgan fingerprint density at radius 3 is 1.12 bits per heavy atom. The first-order valence-electron chi connectivity index (χ1n) is 8.86. The van der Waals surface area contributed by atoms with Gasteiger partial charge in [0, 0.05) is 5.33 Å². The number of hydrogen-bond donors (Lipinski definition) is 0. The van der Waals surface area contributed by atoms with Gasteiger partial charge in [-0.05, 0) is 78.5 Å². The van der Waals surface area contributed by atoms with Gasteiger partial charge in [0.2, 0.25) is 0 Å². The summed E-state index contributed by atoms with van der Waals surface area (Å²) < 4.78 is 0. The SMILES string of the molecule is BrP(Br)CC(Cc1ccccc1)(Cc1ccccc1)Cc1ccccc1. The number of hydrogen-bond acceptors (Lipinski definition) is 0. The zero-order valence-electron chi connectivity index (χ0n) is 14.7. The van der Waals surface area contributed by atoms with Crippen LogP contribution in [0.3, 0.4) is 0 Å². The maximum absolute atomic E-state index is 3.83. The van der Waals surface area contributed by atoms with Crippen LogP contribution in [-0.4, -0.2) is 6.16 Å². The molecular formula is C23H23Br2P. The fourth-order valence-electron chi connectivity index (χ4n) is 3.70. The molecule has 0 aromatic heterocycles. The van der Waals surface area contributed by atoms with Crippen LogP contribution in [0.2, 0.25) is 0 Å². The highest BCUT2D eigenvalue weighted by atomic mass is 79.9. The zero-order valence-corrected chi connectivity index (χ0v) is 18.8. The van der Waals surface area contributed by atoms with Crippen molar-refractivity contribution in [3.8, 4) is 0 Å². The van der Waals surface area contributed by atoms with Gasteiger partial charge >= 0.3 is 0 Å². The van der Waals surface area contributed by atoms with Crippen molar-refractivity contribution in [1.29, 1.82) is 0 Å². The van der Waals surface area contributed by atoms with Crippen molar-refractivity contribution in [3.63, 3.8) is 0 Å². The summed E-state index contributed by atoms with van der Waals surface area (Å²) in [6.45, 7) is 0. The molecule has 0 N–H and O–H groups in total. The highest BCUT2D eigenvalue weighted by molar-refractivity contribution is 9.69. The number of halogens is 2. The third-order valence-electron chi connectivity index (χ3n) is 4.72. The summed E-state index contributed by atoms with van der Waals surface area (Å²) in [5, 5.41) is -0.352. The molecule has 0 heterocycles. The summed E-state index contributed by atoms with van der Waals surface area (Å²) in [4.78, 5) is 0. The molecule has 0 aliphatic rings. The van der Waals surface area contributed by atoms with Gasteiger partial charge in [-0.15, -0.1) is 0 Å².